The van der Waals surface area contributed by atoms with Crippen LogP contribution >= 0.6 is 11.8 Å². The molecule has 2 aromatic carbocycles. The summed E-state index contributed by atoms with van der Waals surface area (Å²) < 4.78 is 1.85. The second-order valence-electron chi connectivity index (χ2n) is 6.95. The molecule has 3 heterocycles. The monoisotopic (exact) mass is 439 g/mol. The van der Waals surface area contributed by atoms with Gasteiger partial charge in [-0.3, -0.25) is 4.98 Å². The van der Waals surface area contributed by atoms with Crippen LogP contribution in [0.25, 0.3) is 22.6 Å². The van der Waals surface area contributed by atoms with Crippen molar-refractivity contribution in [2.45, 2.75) is 30.9 Å². The number of fused-ring (bicyclic) bond motifs is 2. The Morgan fingerprint density at radius 3 is 2.72 bits per heavy atom. The molecule has 0 saturated heterocycles. The molecule has 5 nitrogen and oxygen atoms in total. The van der Waals surface area contributed by atoms with Crippen LogP contribution in [0.1, 0.15) is 36.5 Å². The van der Waals surface area contributed by atoms with Crippen LogP contribution in [0.15, 0.2) is 84.4 Å². The molecule has 5 aromatic rings. The van der Waals surface area contributed by atoms with Gasteiger partial charge in [0.15, 0.2) is 11.5 Å². The molecule has 0 unspecified atom stereocenters. The van der Waals surface area contributed by atoms with Crippen LogP contribution in [0.3, 0.4) is 0 Å². The van der Waals surface area contributed by atoms with Gasteiger partial charge in [-0.1, -0.05) is 56.8 Å². The number of pyridine rings is 1. The van der Waals surface area contributed by atoms with Gasteiger partial charge in [0.1, 0.15) is 0 Å². The third-order valence-corrected chi connectivity index (χ3v) is 6.05. The Hall–Kier alpha value is -3.51. The third kappa shape index (κ3) is 4.70. The van der Waals surface area contributed by atoms with Gasteiger partial charge in [-0.25, -0.2) is 0 Å². The standard InChI is InChI=1S/C24H19N5S.C2H6/c1-2-18-6-3-4-8-22(18)30-16-20-10-12-23-26-27-24(29(23)28-20)15-17-9-11-21-19(14-17)7-5-13-25-21;1-2/h2-14H,1,15-16H2;1-2H3. The zero-order valence-corrected chi connectivity index (χ0v) is 19.1. The molecule has 5 rings (SSSR count). The van der Waals surface area contributed by atoms with Crippen molar-refractivity contribution >= 4 is 34.4 Å². The maximum Gasteiger partial charge on any atom is 0.177 e. The Labute approximate surface area is 192 Å². The minimum atomic E-state index is 0.662. The van der Waals surface area contributed by atoms with Gasteiger partial charge in [0, 0.05) is 28.7 Å². The van der Waals surface area contributed by atoms with E-state index in [2.05, 4.69) is 52.1 Å². The first-order valence-corrected chi connectivity index (χ1v) is 11.7. The van der Waals surface area contributed by atoms with Crippen molar-refractivity contribution in [2.75, 3.05) is 0 Å². The van der Waals surface area contributed by atoms with Crippen LogP contribution in [0.4, 0.5) is 0 Å². The van der Waals surface area contributed by atoms with Crippen molar-refractivity contribution in [3.05, 3.63) is 102 Å². The molecule has 0 N–H and O–H groups in total. The van der Waals surface area contributed by atoms with Crippen molar-refractivity contribution in [1.29, 1.82) is 0 Å². The predicted molar refractivity (Wildman–Crippen MR) is 133 cm³/mol. The third-order valence-electron chi connectivity index (χ3n) is 4.93. The minimum absolute atomic E-state index is 0.662. The van der Waals surface area contributed by atoms with Crippen LogP contribution in [0.2, 0.25) is 0 Å². The number of hydrogen-bond acceptors (Lipinski definition) is 5. The number of nitrogens with zero attached hydrogens (tertiary/aromatic N) is 5. The summed E-state index contributed by atoms with van der Waals surface area (Å²) in [6, 6.07) is 22.5. The molecule has 0 spiro atoms. The smallest absolute Gasteiger partial charge is 0.177 e. The van der Waals surface area contributed by atoms with Gasteiger partial charge in [-0.2, -0.15) is 9.61 Å². The number of aromatic nitrogens is 5. The molecular formula is C26H25N5S. The Balaban J connectivity index is 0.00000119. The van der Waals surface area contributed by atoms with Crippen LogP contribution in [0.5, 0.6) is 0 Å². The second-order valence-corrected chi connectivity index (χ2v) is 7.97. The zero-order valence-electron chi connectivity index (χ0n) is 18.3. The lowest BCUT2D eigenvalue weighted by atomic mass is 10.1. The molecule has 32 heavy (non-hydrogen) atoms. The fraction of sp³-hybridized carbons (Fsp3) is 0.154. The first kappa shape index (κ1) is 21.7. The molecule has 0 radical (unpaired) electrons. The molecule has 0 bridgehead atoms. The fourth-order valence-corrected chi connectivity index (χ4v) is 4.36. The topological polar surface area (TPSA) is 56.0 Å². The SMILES string of the molecule is C=Cc1ccccc1SCc1ccc2nnc(Cc3ccc4ncccc4c3)n2n1.CC. The first-order valence-electron chi connectivity index (χ1n) is 10.7. The minimum Gasteiger partial charge on any atom is -0.256 e. The van der Waals surface area contributed by atoms with E-state index in [1.807, 2.05) is 67.0 Å². The predicted octanol–water partition coefficient (Wildman–Crippen LogP) is 6.22. The molecule has 3 aromatic heterocycles. The van der Waals surface area contributed by atoms with Gasteiger partial charge >= 0.3 is 0 Å². The van der Waals surface area contributed by atoms with E-state index in [9.17, 15) is 0 Å². The lowest BCUT2D eigenvalue weighted by Gasteiger charge is -2.06. The molecule has 0 aliphatic rings. The van der Waals surface area contributed by atoms with Gasteiger partial charge in [-0.15, -0.1) is 22.0 Å². The van der Waals surface area contributed by atoms with Crippen molar-refractivity contribution in [2.24, 2.45) is 0 Å². The Morgan fingerprint density at radius 1 is 0.969 bits per heavy atom. The summed E-state index contributed by atoms with van der Waals surface area (Å²) in [4.78, 5) is 5.58. The first-order chi connectivity index (χ1) is 15.8. The van der Waals surface area contributed by atoms with Crippen molar-refractivity contribution in [3.8, 4) is 0 Å². The van der Waals surface area contributed by atoms with Crippen LogP contribution < -0.4 is 0 Å². The zero-order chi connectivity index (χ0) is 22.3. The van der Waals surface area contributed by atoms with E-state index in [4.69, 9.17) is 5.10 Å². The van der Waals surface area contributed by atoms with E-state index >= 15 is 0 Å². The lowest BCUT2D eigenvalue weighted by Crippen LogP contribution is -2.02. The Kier molecular flexibility index (Phi) is 6.92. The molecule has 0 saturated carbocycles. The van der Waals surface area contributed by atoms with Gasteiger partial charge in [0.05, 0.1) is 11.2 Å². The summed E-state index contributed by atoms with van der Waals surface area (Å²) in [5.41, 5.74) is 5.03. The van der Waals surface area contributed by atoms with E-state index < -0.39 is 0 Å². The van der Waals surface area contributed by atoms with Gasteiger partial charge in [0.2, 0.25) is 0 Å². The molecule has 0 aliphatic carbocycles. The highest BCUT2D eigenvalue weighted by Crippen LogP contribution is 2.26. The molecule has 0 amide bonds. The normalized spacial score (nSPS) is 10.7. The highest BCUT2D eigenvalue weighted by molar-refractivity contribution is 7.98. The van der Waals surface area contributed by atoms with Crippen molar-refractivity contribution < 1.29 is 0 Å². The molecule has 0 aliphatic heterocycles. The molecule has 6 heteroatoms. The van der Waals surface area contributed by atoms with E-state index in [1.165, 1.54) is 4.90 Å². The highest BCUT2D eigenvalue weighted by Gasteiger charge is 2.10. The van der Waals surface area contributed by atoms with E-state index in [0.29, 0.717) is 6.42 Å². The number of hydrogen-bond donors (Lipinski definition) is 0. The number of thioether (sulfide) groups is 1. The van der Waals surface area contributed by atoms with Crippen LogP contribution in [0, 0.1) is 0 Å². The molecule has 0 fully saturated rings. The summed E-state index contributed by atoms with van der Waals surface area (Å²) in [6.45, 7) is 7.90. The van der Waals surface area contributed by atoms with Gasteiger partial charge in [-0.05, 0) is 47.5 Å². The largest absolute Gasteiger partial charge is 0.256 e. The Bertz CT molecular complexity index is 1360. The van der Waals surface area contributed by atoms with Gasteiger partial charge < -0.3 is 0 Å². The maximum absolute atomic E-state index is 4.80. The quantitative estimate of drug-likeness (QED) is 0.294. The van der Waals surface area contributed by atoms with Crippen LogP contribution in [-0.2, 0) is 12.2 Å². The van der Waals surface area contributed by atoms with Crippen molar-refractivity contribution in [3.63, 3.8) is 0 Å². The van der Waals surface area contributed by atoms with E-state index in [1.54, 1.807) is 11.8 Å². The van der Waals surface area contributed by atoms with Crippen molar-refractivity contribution in [1.82, 2.24) is 24.8 Å². The lowest BCUT2D eigenvalue weighted by molar-refractivity contribution is 0.818. The summed E-state index contributed by atoms with van der Waals surface area (Å²) in [7, 11) is 0. The molecule has 0 atom stereocenters. The molecule has 160 valence electrons. The van der Waals surface area contributed by atoms with Gasteiger partial charge in [0.25, 0.3) is 0 Å². The fourth-order valence-electron chi connectivity index (χ4n) is 3.41. The average Bonchev–Trinajstić information content (AvgIpc) is 3.26. The average molecular weight is 440 g/mol. The molecular weight excluding hydrogens is 414 g/mol. The maximum atomic E-state index is 4.80. The van der Waals surface area contributed by atoms with E-state index in [-0.39, 0.29) is 0 Å². The summed E-state index contributed by atoms with van der Waals surface area (Å²) in [6.07, 6.45) is 4.36. The Morgan fingerprint density at radius 2 is 1.84 bits per heavy atom. The highest BCUT2D eigenvalue weighted by atomic mass is 32.2. The summed E-state index contributed by atoms with van der Waals surface area (Å²) in [5, 5.41) is 14.6. The summed E-state index contributed by atoms with van der Waals surface area (Å²) in [5.74, 6) is 1.59. The number of benzene rings is 2. The summed E-state index contributed by atoms with van der Waals surface area (Å²) >= 11 is 1.75. The van der Waals surface area contributed by atoms with E-state index in [0.717, 1.165) is 44.9 Å². The van der Waals surface area contributed by atoms with Crippen LogP contribution in [-0.4, -0.2) is 24.8 Å². The number of rotatable bonds is 6. The second kappa shape index (κ2) is 10.2.